The molecule has 3 nitrogen and oxygen atoms in total. The van der Waals surface area contributed by atoms with Crippen LogP contribution in [0.4, 0.5) is 11.4 Å². The van der Waals surface area contributed by atoms with Crippen LogP contribution in [-0.2, 0) is 0 Å². The number of nitrogens with zero attached hydrogens (tertiary/aromatic N) is 3. The Kier molecular flexibility index (Phi) is 8.99. The average Bonchev–Trinajstić information content (AvgIpc) is 2.76. The lowest BCUT2D eigenvalue weighted by atomic mass is 10.0. The van der Waals surface area contributed by atoms with Crippen molar-refractivity contribution in [2.45, 2.75) is 55.4 Å². The van der Waals surface area contributed by atoms with Crippen LogP contribution in [0.1, 0.15) is 55.4 Å². The highest BCUT2D eigenvalue weighted by molar-refractivity contribution is 5.83. The number of hydrogen-bond acceptors (Lipinski definition) is 3. The molecule has 0 fully saturated rings. The van der Waals surface area contributed by atoms with Gasteiger partial charge in [-0.3, -0.25) is 0 Å². The molecule has 0 aliphatic carbocycles. The molecular formula is C31H45N3. The molecule has 34 heavy (non-hydrogen) atoms. The molecular weight excluding hydrogens is 414 g/mol. The van der Waals surface area contributed by atoms with E-state index in [9.17, 15) is 0 Å². The van der Waals surface area contributed by atoms with Crippen LogP contribution in [0.3, 0.4) is 0 Å². The molecule has 0 atom stereocenters. The van der Waals surface area contributed by atoms with Crippen LogP contribution in [-0.4, -0.2) is 31.2 Å². The highest BCUT2D eigenvalue weighted by Crippen LogP contribution is 2.33. The van der Waals surface area contributed by atoms with Gasteiger partial charge in [0.2, 0.25) is 0 Å². The van der Waals surface area contributed by atoms with E-state index in [2.05, 4.69) is 120 Å². The molecule has 0 aliphatic heterocycles. The molecule has 0 bridgehead atoms. The number of para-hydroxylation sites is 1. The van der Waals surface area contributed by atoms with Crippen LogP contribution in [0.5, 0.6) is 0 Å². The summed E-state index contributed by atoms with van der Waals surface area (Å²) in [6.45, 7) is 22.7. The predicted molar refractivity (Wildman–Crippen MR) is 151 cm³/mol. The monoisotopic (exact) mass is 459 g/mol. The largest absolute Gasteiger partial charge is 0.371 e. The van der Waals surface area contributed by atoms with E-state index in [0.29, 0.717) is 23.7 Å². The molecule has 0 radical (unpaired) electrons. The summed E-state index contributed by atoms with van der Waals surface area (Å²) in [6.07, 6.45) is 0. The SMILES string of the molecule is CC(C)CN(CC(C)C)c1cc(-c2ccc3ccccc3n2)cc(N(CC(C)C)CC(C)C)c1. The van der Waals surface area contributed by atoms with E-state index in [4.69, 9.17) is 4.98 Å². The topological polar surface area (TPSA) is 19.4 Å². The van der Waals surface area contributed by atoms with Crippen LogP contribution in [0, 0.1) is 23.7 Å². The Morgan fingerprint density at radius 2 is 1.06 bits per heavy atom. The van der Waals surface area contributed by atoms with Crippen molar-refractivity contribution in [2.75, 3.05) is 36.0 Å². The molecule has 1 heterocycles. The first-order valence-electron chi connectivity index (χ1n) is 13.1. The third-order valence-electron chi connectivity index (χ3n) is 5.87. The third-order valence-corrected chi connectivity index (χ3v) is 5.87. The predicted octanol–water partition coefficient (Wildman–Crippen LogP) is 8.14. The van der Waals surface area contributed by atoms with Crippen molar-refractivity contribution < 1.29 is 0 Å². The second kappa shape index (κ2) is 11.7. The minimum Gasteiger partial charge on any atom is -0.371 e. The molecule has 184 valence electrons. The van der Waals surface area contributed by atoms with Crippen molar-refractivity contribution in [1.29, 1.82) is 0 Å². The van der Waals surface area contributed by atoms with E-state index in [0.717, 1.165) is 37.4 Å². The molecule has 1 aromatic heterocycles. The third kappa shape index (κ3) is 7.22. The molecule has 3 aromatic rings. The van der Waals surface area contributed by atoms with E-state index in [1.54, 1.807) is 0 Å². The molecule has 0 saturated carbocycles. The van der Waals surface area contributed by atoms with Gasteiger partial charge < -0.3 is 9.80 Å². The Morgan fingerprint density at radius 3 is 1.53 bits per heavy atom. The molecule has 0 aliphatic rings. The summed E-state index contributed by atoms with van der Waals surface area (Å²) < 4.78 is 0. The Labute approximate surface area is 208 Å². The second-order valence-corrected chi connectivity index (χ2v) is 11.5. The fourth-order valence-corrected chi connectivity index (χ4v) is 4.67. The number of pyridine rings is 1. The number of anilines is 2. The maximum Gasteiger partial charge on any atom is 0.0711 e. The summed E-state index contributed by atoms with van der Waals surface area (Å²) in [5.74, 6) is 2.42. The fourth-order valence-electron chi connectivity index (χ4n) is 4.67. The number of benzene rings is 2. The van der Waals surface area contributed by atoms with Crippen LogP contribution in [0.2, 0.25) is 0 Å². The van der Waals surface area contributed by atoms with Gasteiger partial charge in [-0.05, 0) is 54.0 Å². The van der Waals surface area contributed by atoms with Crippen LogP contribution in [0.15, 0.2) is 54.6 Å². The van der Waals surface area contributed by atoms with Crippen LogP contribution >= 0.6 is 0 Å². The van der Waals surface area contributed by atoms with Gasteiger partial charge in [-0.2, -0.15) is 0 Å². The molecule has 2 aromatic carbocycles. The highest BCUT2D eigenvalue weighted by atomic mass is 15.2. The van der Waals surface area contributed by atoms with E-state index in [1.807, 2.05) is 0 Å². The molecule has 3 heteroatoms. The number of rotatable bonds is 11. The Bertz CT molecular complexity index is 989. The van der Waals surface area contributed by atoms with E-state index in [1.165, 1.54) is 22.3 Å². The van der Waals surface area contributed by atoms with Crippen molar-refractivity contribution >= 4 is 22.3 Å². The lowest BCUT2D eigenvalue weighted by molar-refractivity contribution is 0.549. The van der Waals surface area contributed by atoms with Gasteiger partial charge in [-0.1, -0.05) is 79.7 Å². The Balaban J connectivity index is 2.16. The first-order chi connectivity index (χ1) is 16.1. The normalized spacial score (nSPS) is 11.9. The smallest absolute Gasteiger partial charge is 0.0711 e. The van der Waals surface area contributed by atoms with Gasteiger partial charge >= 0.3 is 0 Å². The Morgan fingerprint density at radius 1 is 0.588 bits per heavy atom. The fraction of sp³-hybridized carbons (Fsp3) is 0.516. The second-order valence-electron chi connectivity index (χ2n) is 11.5. The molecule has 0 saturated heterocycles. The average molecular weight is 460 g/mol. The van der Waals surface area contributed by atoms with Crippen LogP contribution in [0.25, 0.3) is 22.2 Å². The molecule has 3 rings (SSSR count). The van der Waals surface area contributed by atoms with Gasteiger partial charge in [0, 0.05) is 48.5 Å². The summed E-state index contributed by atoms with van der Waals surface area (Å²) in [7, 11) is 0. The van der Waals surface area contributed by atoms with Gasteiger partial charge in [-0.15, -0.1) is 0 Å². The van der Waals surface area contributed by atoms with Gasteiger partial charge in [0.1, 0.15) is 0 Å². The van der Waals surface area contributed by atoms with Crippen molar-refractivity contribution in [2.24, 2.45) is 23.7 Å². The summed E-state index contributed by atoms with van der Waals surface area (Å²) in [4.78, 5) is 10.2. The minimum absolute atomic E-state index is 0.604. The first-order valence-corrected chi connectivity index (χ1v) is 13.1. The van der Waals surface area contributed by atoms with Gasteiger partial charge in [0.05, 0.1) is 11.2 Å². The van der Waals surface area contributed by atoms with Crippen molar-refractivity contribution in [1.82, 2.24) is 4.98 Å². The van der Waals surface area contributed by atoms with Gasteiger partial charge in [0.15, 0.2) is 0 Å². The molecule has 0 unspecified atom stereocenters. The lowest BCUT2D eigenvalue weighted by Crippen LogP contribution is -2.33. The zero-order chi connectivity index (χ0) is 24.8. The van der Waals surface area contributed by atoms with Crippen molar-refractivity contribution in [3.63, 3.8) is 0 Å². The Hall–Kier alpha value is -2.55. The van der Waals surface area contributed by atoms with Crippen molar-refractivity contribution in [3.8, 4) is 11.3 Å². The summed E-state index contributed by atoms with van der Waals surface area (Å²) in [5, 5.41) is 1.19. The number of hydrogen-bond donors (Lipinski definition) is 0. The lowest BCUT2D eigenvalue weighted by Gasteiger charge is -2.33. The molecule has 0 N–H and O–H groups in total. The van der Waals surface area contributed by atoms with E-state index < -0.39 is 0 Å². The standard InChI is InChI=1S/C31H45N3/c1-22(2)18-33(19-23(3)4)28-15-27(31-14-13-26-11-9-10-12-30(26)32-31)16-29(17-28)34(20-24(5)6)21-25(7)8/h9-17,22-25H,18-21H2,1-8H3. The number of aromatic nitrogens is 1. The quantitative estimate of drug-likeness (QED) is 0.288. The summed E-state index contributed by atoms with van der Waals surface area (Å²) >= 11 is 0. The van der Waals surface area contributed by atoms with Crippen LogP contribution < -0.4 is 9.80 Å². The van der Waals surface area contributed by atoms with Gasteiger partial charge in [-0.25, -0.2) is 4.98 Å². The highest BCUT2D eigenvalue weighted by Gasteiger charge is 2.18. The van der Waals surface area contributed by atoms with E-state index >= 15 is 0 Å². The minimum atomic E-state index is 0.604. The van der Waals surface area contributed by atoms with E-state index in [-0.39, 0.29) is 0 Å². The molecule has 0 spiro atoms. The maximum absolute atomic E-state index is 5.05. The summed E-state index contributed by atoms with van der Waals surface area (Å²) in [6, 6.07) is 19.9. The zero-order valence-electron chi connectivity index (χ0n) is 22.7. The number of fused-ring (bicyclic) bond motifs is 1. The maximum atomic E-state index is 5.05. The van der Waals surface area contributed by atoms with Gasteiger partial charge in [0.25, 0.3) is 0 Å². The molecule has 0 amide bonds. The summed E-state index contributed by atoms with van der Waals surface area (Å²) in [5.41, 5.74) is 5.91. The van der Waals surface area contributed by atoms with Crippen molar-refractivity contribution in [3.05, 3.63) is 54.6 Å². The first kappa shape index (κ1) is 26.1. The zero-order valence-corrected chi connectivity index (χ0v) is 22.7.